The van der Waals surface area contributed by atoms with Crippen LogP contribution in [0.5, 0.6) is 0 Å². The lowest BCUT2D eigenvalue weighted by molar-refractivity contribution is -0.143. The molecule has 4 unspecified atom stereocenters. The van der Waals surface area contributed by atoms with Crippen molar-refractivity contribution in [3.63, 3.8) is 0 Å². The van der Waals surface area contributed by atoms with Crippen molar-refractivity contribution in [3.8, 4) is 0 Å². The molecule has 11 N–H and O–H groups in total. The molecule has 4 atom stereocenters. The molecule has 0 bridgehead atoms. The summed E-state index contributed by atoms with van der Waals surface area (Å²) in [6.07, 6.45) is -0.776. The van der Waals surface area contributed by atoms with Gasteiger partial charge in [-0.25, -0.2) is 4.79 Å². The minimum Gasteiger partial charge on any atom is -0.480 e. The summed E-state index contributed by atoms with van der Waals surface area (Å²) in [6.45, 7) is -0.907. The number of nitrogens with one attached hydrogen (secondary N) is 3. The topological polar surface area (TPSA) is 257 Å². The summed E-state index contributed by atoms with van der Waals surface area (Å²) in [5, 5.41) is 24.5. The van der Waals surface area contributed by atoms with E-state index in [1.54, 1.807) is 0 Å². The number of carbonyl (C=O) groups is 6. The highest BCUT2D eigenvalue weighted by molar-refractivity contribution is 7.80. The van der Waals surface area contributed by atoms with Crippen LogP contribution in [0.15, 0.2) is 0 Å². The van der Waals surface area contributed by atoms with Crippen LogP contribution in [0.25, 0.3) is 0 Å². The van der Waals surface area contributed by atoms with Gasteiger partial charge in [-0.15, -0.1) is 0 Å². The van der Waals surface area contributed by atoms with Crippen molar-refractivity contribution in [2.75, 3.05) is 12.4 Å². The fraction of sp³-hybridized carbons (Fsp3) is 0.625. The zero-order chi connectivity index (χ0) is 24.1. The summed E-state index contributed by atoms with van der Waals surface area (Å²) in [6, 6.07) is -5.40. The molecule has 0 aliphatic rings. The number of aliphatic hydroxyl groups is 1. The summed E-state index contributed by atoms with van der Waals surface area (Å²) in [5.41, 5.74) is 15.7. The Morgan fingerprint density at radius 3 is 1.68 bits per heavy atom. The van der Waals surface area contributed by atoms with Crippen molar-refractivity contribution in [1.82, 2.24) is 16.0 Å². The van der Waals surface area contributed by atoms with Gasteiger partial charge >= 0.3 is 5.97 Å². The van der Waals surface area contributed by atoms with Crippen LogP contribution in [0.4, 0.5) is 0 Å². The van der Waals surface area contributed by atoms with Gasteiger partial charge in [0.25, 0.3) is 0 Å². The average Bonchev–Trinajstić information content (AvgIpc) is 2.70. The van der Waals surface area contributed by atoms with Crippen molar-refractivity contribution in [1.29, 1.82) is 0 Å². The van der Waals surface area contributed by atoms with Gasteiger partial charge in [0.05, 0.1) is 12.6 Å². The molecule has 0 aromatic rings. The molecule has 5 amide bonds. The number of aliphatic carboxylic acids is 1. The number of primary amides is 2. The number of aliphatic hydroxyl groups excluding tert-OH is 1. The summed E-state index contributed by atoms with van der Waals surface area (Å²) in [5.74, 6) is -5.76. The number of hydrogen-bond acceptors (Lipinski definition) is 9. The standard InChI is InChI=1S/C16H28N6O8S/c17-7(1-3-11(18)24)13(26)22-10(6-31)15(28)20-8(2-4-12(19)25)14(27)21-9(5-23)16(29)30/h7-10,23,31H,1-6,17H2,(H2,18,24)(H2,19,25)(H,20,28)(H,21,27)(H,22,26)(H,29,30). The van der Waals surface area contributed by atoms with Crippen LogP contribution in [0.2, 0.25) is 0 Å². The molecule has 0 saturated carbocycles. The molecule has 0 saturated heterocycles. The van der Waals surface area contributed by atoms with Crippen molar-refractivity contribution in [3.05, 3.63) is 0 Å². The van der Waals surface area contributed by atoms with Crippen LogP contribution in [0.3, 0.4) is 0 Å². The molecule has 0 aromatic heterocycles. The summed E-state index contributed by atoms with van der Waals surface area (Å²) in [7, 11) is 0. The third-order valence-electron chi connectivity index (χ3n) is 3.96. The maximum atomic E-state index is 12.5. The van der Waals surface area contributed by atoms with E-state index in [2.05, 4.69) is 23.3 Å². The molecule has 14 nitrogen and oxygen atoms in total. The number of carboxylic acid groups (broad SMARTS) is 1. The van der Waals surface area contributed by atoms with Gasteiger partial charge in [0, 0.05) is 18.6 Å². The quantitative estimate of drug-likeness (QED) is 0.105. The van der Waals surface area contributed by atoms with Crippen LogP contribution < -0.4 is 33.2 Å². The normalized spacial score (nSPS) is 14.4. The molecule has 0 radical (unpaired) electrons. The second-order valence-electron chi connectivity index (χ2n) is 6.50. The molecule has 31 heavy (non-hydrogen) atoms. The summed E-state index contributed by atoms with van der Waals surface area (Å²) < 4.78 is 0. The maximum Gasteiger partial charge on any atom is 0.328 e. The number of carboxylic acids is 1. The van der Waals surface area contributed by atoms with E-state index >= 15 is 0 Å². The highest BCUT2D eigenvalue weighted by Crippen LogP contribution is 2.02. The average molecular weight is 465 g/mol. The number of thiol groups is 1. The fourth-order valence-electron chi connectivity index (χ4n) is 2.19. The van der Waals surface area contributed by atoms with E-state index < -0.39 is 66.3 Å². The number of hydrogen-bond donors (Lipinski definition) is 9. The number of nitrogens with two attached hydrogens (primary N) is 3. The molecule has 176 valence electrons. The van der Waals surface area contributed by atoms with Crippen molar-refractivity contribution >= 4 is 48.1 Å². The highest BCUT2D eigenvalue weighted by Gasteiger charge is 2.29. The first-order valence-corrected chi connectivity index (χ1v) is 9.73. The highest BCUT2D eigenvalue weighted by atomic mass is 32.1. The van der Waals surface area contributed by atoms with Gasteiger partial charge in [-0.05, 0) is 12.8 Å². The zero-order valence-electron chi connectivity index (χ0n) is 16.6. The second kappa shape index (κ2) is 14.2. The molecule has 0 aliphatic carbocycles. The molecule has 0 aromatic carbocycles. The fourth-order valence-corrected chi connectivity index (χ4v) is 2.44. The predicted molar refractivity (Wildman–Crippen MR) is 109 cm³/mol. The van der Waals surface area contributed by atoms with Gasteiger partial charge in [-0.1, -0.05) is 0 Å². The van der Waals surface area contributed by atoms with Crippen LogP contribution in [0.1, 0.15) is 25.7 Å². The van der Waals surface area contributed by atoms with Gasteiger partial charge in [-0.3, -0.25) is 24.0 Å². The first-order chi connectivity index (χ1) is 14.4. The minimum atomic E-state index is -1.64. The largest absolute Gasteiger partial charge is 0.480 e. The number of rotatable bonds is 15. The first-order valence-electron chi connectivity index (χ1n) is 9.10. The molecule has 0 spiro atoms. The third-order valence-corrected chi connectivity index (χ3v) is 4.33. The molecule has 0 rings (SSSR count). The minimum absolute atomic E-state index is 0.0521. The Morgan fingerprint density at radius 1 is 0.774 bits per heavy atom. The van der Waals surface area contributed by atoms with E-state index in [-0.39, 0.29) is 31.4 Å². The van der Waals surface area contributed by atoms with Gasteiger partial charge in [-0.2, -0.15) is 12.6 Å². The Bertz CT molecular complexity index is 691. The van der Waals surface area contributed by atoms with Gasteiger partial charge in [0.2, 0.25) is 29.5 Å². The Hall–Kier alpha value is -2.91. The lowest BCUT2D eigenvalue weighted by Crippen LogP contribution is -2.58. The molecular formula is C16H28N6O8S. The van der Waals surface area contributed by atoms with E-state index in [0.29, 0.717) is 0 Å². The predicted octanol–water partition coefficient (Wildman–Crippen LogP) is -4.69. The van der Waals surface area contributed by atoms with E-state index in [9.17, 15) is 28.8 Å². The van der Waals surface area contributed by atoms with Gasteiger partial charge in [0.15, 0.2) is 0 Å². The van der Waals surface area contributed by atoms with Crippen molar-refractivity contribution in [2.45, 2.75) is 49.9 Å². The smallest absolute Gasteiger partial charge is 0.328 e. The monoisotopic (exact) mass is 464 g/mol. The zero-order valence-corrected chi connectivity index (χ0v) is 17.5. The lowest BCUT2D eigenvalue weighted by Gasteiger charge is -2.24. The van der Waals surface area contributed by atoms with Crippen molar-refractivity contribution in [2.24, 2.45) is 17.2 Å². The Morgan fingerprint density at radius 2 is 1.23 bits per heavy atom. The third kappa shape index (κ3) is 11.2. The maximum absolute atomic E-state index is 12.5. The lowest BCUT2D eigenvalue weighted by atomic mass is 10.1. The van der Waals surface area contributed by atoms with Crippen LogP contribution in [0, 0.1) is 0 Å². The SMILES string of the molecule is NC(=O)CCC(N)C(=O)NC(CS)C(=O)NC(CCC(N)=O)C(=O)NC(CO)C(=O)O. The van der Waals surface area contributed by atoms with Crippen LogP contribution >= 0.6 is 12.6 Å². The van der Waals surface area contributed by atoms with Gasteiger partial charge < -0.3 is 43.4 Å². The van der Waals surface area contributed by atoms with E-state index in [0.717, 1.165) is 0 Å². The van der Waals surface area contributed by atoms with Crippen LogP contribution in [-0.2, 0) is 28.8 Å². The first kappa shape index (κ1) is 28.1. The van der Waals surface area contributed by atoms with E-state index in [1.165, 1.54) is 0 Å². The van der Waals surface area contributed by atoms with Gasteiger partial charge in [0.1, 0.15) is 18.1 Å². The molecule has 0 aliphatic heterocycles. The van der Waals surface area contributed by atoms with E-state index in [4.69, 9.17) is 27.4 Å². The van der Waals surface area contributed by atoms with E-state index in [1.807, 2.05) is 5.32 Å². The number of amides is 5. The molecular weight excluding hydrogens is 436 g/mol. The Kier molecular flexibility index (Phi) is 12.8. The molecule has 0 heterocycles. The summed E-state index contributed by atoms with van der Waals surface area (Å²) in [4.78, 5) is 69.7. The van der Waals surface area contributed by atoms with Crippen LogP contribution in [-0.4, -0.2) is 82.2 Å². The second-order valence-corrected chi connectivity index (χ2v) is 6.87. The Labute approximate surface area is 183 Å². The summed E-state index contributed by atoms with van der Waals surface area (Å²) >= 11 is 3.96. The number of carbonyl (C=O) groups excluding carboxylic acids is 5. The molecule has 0 fully saturated rings. The Balaban J connectivity index is 5.19. The van der Waals surface area contributed by atoms with Crippen molar-refractivity contribution < 1.29 is 39.0 Å². The molecule has 15 heteroatoms.